The normalized spacial score (nSPS) is 11.0. The fourth-order valence-electron chi connectivity index (χ4n) is 3.92. The largest absolute Gasteiger partial charge is 0.462 e. The van der Waals surface area contributed by atoms with Gasteiger partial charge in [0.25, 0.3) is 5.91 Å². The Hall–Kier alpha value is -2.96. The van der Waals surface area contributed by atoms with Crippen LogP contribution in [0.15, 0.2) is 47.8 Å². The zero-order chi connectivity index (χ0) is 23.5. The Bertz CT molecular complexity index is 1330. The lowest BCUT2D eigenvalue weighted by atomic mass is 9.99. The second-order valence-corrected chi connectivity index (χ2v) is 9.91. The molecule has 0 radical (unpaired) electrons. The quantitative estimate of drug-likeness (QED) is 0.278. The Kier molecular flexibility index (Phi) is 6.96. The van der Waals surface area contributed by atoms with Crippen LogP contribution in [-0.4, -0.2) is 18.5 Å². The van der Waals surface area contributed by atoms with E-state index in [1.807, 2.05) is 35.7 Å². The Morgan fingerprint density at radius 2 is 1.82 bits per heavy atom. The van der Waals surface area contributed by atoms with Gasteiger partial charge in [0.1, 0.15) is 10.6 Å². The van der Waals surface area contributed by atoms with Crippen LogP contribution >= 0.6 is 22.7 Å². The third kappa shape index (κ3) is 4.59. The van der Waals surface area contributed by atoms with Gasteiger partial charge in [0, 0.05) is 15.6 Å². The fourth-order valence-corrected chi connectivity index (χ4v) is 6.02. The van der Waals surface area contributed by atoms with Gasteiger partial charge in [-0.2, -0.15) is 0 Å². The fraction of sp³-hybridized carbons (Fsp3) is 0.259. The molecule has 0 saturated carbocycles. The molecule has 1 amide bonds. The van der Waals surface area contributed by atoms with E-state index in [0.29, 0.717) is 15.4 Å². The molecule has 0 atom stereocenters. The minimum atomic E-state index is -0.424. The van der Waals surface area contributed by atoms with E-state index in [1.165, 1.54) is 28.2 Å². The average molecular weight is 478 g/mol. The Labute approximate surface area is 202 Å². The molecule has 0 spiro atoms. The summed E-state index contributed by atoms with van der Waals surface area (Å²) in [6.45, 7) is 8.28. The van der Waals surface area contributed by atoms with Gasteiger partial charge in [-0.1, -0.05) is 49.7 Å². The van der Waals surface area contributed by atoms with Crippen LogP contribution in [0.4, 0.5) is 5.00 Å². The van der Waals surface area contributed by atoms with Gasteiger partial charge < -0.3 is 10.1 Å². The molecule has 1 N–H and O–H groups in total. The van der Waals surface area contributed by atoms with Gasteiger partial charge in [-0.15, -0.1) is 22.7 Å². The maximum Gasteiger partial charge on any atom is 0.341 e. The number of nitrogens with one attached hydrogen (secondary N) is 1. The molecule has 33 heavy (non-hydrogen) atoms. The van der Waals surface area contributed by atoms with Crippen LogP contribution in [0, 0.1) is 13.8 Å². The van der Waals surface area contributed by atoms with Gasteiger partial charge in [0.2, 0.25) is 0 Å². The molecule has 0 aliphatic rings. The predicted molar refractivity (Wildman–Crippen MR) is 139 cm³/mol. The molecule has 4 aromatic rings. The zero-order valence-electron chi connectivity index (χ0n) is 19.3. The first kappa shape index (κ1) is 23.2. The van der Waals surface area contributed by atoms with Crippen LogP contribution in [-0.2, 0) is 11.2 Å². The predicted octanol–water partition coefficient (Wildman–Crippen LogP) is 7.63. The van der Waals surface area contributed by atoms with Crippen molar-refractivity contribution in [2.24, 2.45) is 0 Å². The van der Waals surface area contributed by atoms with E-state index in [4.69, 9.17) is 4.74 Å². The summed E-state index contributed by atoms with van der Waals surface area (Å²) in [5.41, 5.74) is 5.53. The van der Waals surface area contributed by atoms with E-state index < -0.39 is 5.97 Å². The number of hydrogen-bond donors (Lipinski definition) is 1. The first-order chi connectivity index (χ1) is 15.9. The highest BCUT2D eigenvalue weighted by Gasteiger charge is 2.25. The van der Waals surface area contributed by atoms with E-state index in [9.17, 15) is 9.59 Å². The second-order valence-electron chi connectivity index (χ2n) is 7.98. The minimum absolute atomic E-state index is 0.182. The summed E-state index contributed by atoms with van der Waals surface area (Å²) in [4.78, 5) is 27.0. The molecular formula is C27H27NO3S2. The van der Waals surface area contributed by atoms with Crippen molar-refractivity contribution in [3.8, 4) is 11.1 Å². The van der Waals surface area contributed by atoms with Crippen LogP contribution in [0.3, 0.4) is 0 Å². The molecule has 4 nitrogen and oxygen atoms in total. The summed E-state index contributed by atoms with van der Waals surface area (Å²) in [5.74, 6) is -0.605. The molecular weight excluding hydrogens is 450 g/mol. The maximum atomic E-state index is 13.4. The molecule has 2 heterocycles. The van der Waals surface area contributed by atoms with E-state index in [2.05, 4.69) is 38.2 Å². The van der Waals surface area contributed by atoms with Crippen molar-refractivity contribution in [1.29, 1.82) is 0 Å². The van der Waals surface area contributed by atoms with E-state index in [0.717, 1.165) is 45.2 Å². The number of anilines is 1. The number of benzene rings is 2. The van der Waals surface area contributed by atoms with Crippen molar-refractivity contribution in [3.63, 3.8) is 0 Å². The van der Waals surface area contributed by atoms with Crippen LogP contribution < -0.4 is 5.32 Å². The number of esters is 1. The summed E-state index contributed by atoms with van der Waals surface area (Å²) in [6, 6.07) is 14.2. The molecule has 2 aromatic heterocycles. The Balaban J connectivity index is 1.75. The minimum Gasteiger partial charge on any atom is -0.462 e. The van der Waals surface area contributed by atoms with E-state index in [-0.39, 0.29) is 12.5 Å². The molecule has 170 valence electrons. The molecule has 2 aromatic carbocycles. The highest BCUT2D eigenvalue weighted by atomic mass is 32.1. The SMILES string of the molecule is CCCc1c(C(=O)Nc2scc(-c3ccc(C)c(C)c3)c2C(=O)OCC)sc2ccccc12. The smallest absolute Gasteiger partial charge is 0.341 e. The monoisotopic (exact) mass is 477 g/mol. The number of amides is 1. The van der Waals surface area contributed by atoms with Crippen molar-refractivity contribution in [2.75, 3.05) is 11.9 Å². The van der Waals surface area contributed by atoms with Gasteiger partial charge in [-0.25, -0.2) is 4.79 Å². The summed E-state index contributed by atoms with van der Waals surface area (Å²) in [7, 11) is 0. The van der Waals surface area contributed by atoms with Gasteiger partial charge >= 0.3 is 5.97 Å². The molecule has 6 heteroatoms. The van der Waals surface area contributed by atoms with Crippen LogP contribution in [0.25, 0.3) is 21.2 Å². The Morgan fingerprint density at radius 3 is 2.55 bits per heavy atom. The maximum absolute atomic E-state index is 13.4. The molecule has 0 saturated heterocycles. The number of rotatable bonds is 7. The number of thiophene rings is 2. The highest BCUT2D eigenvalue weighted by molar-refractivity contribution is 7.21. The number of ether oxygens (including phenoxy) is 1. The second kappa shape index (κ2) is 9.89. The molecule has 0 fully saturated rings. The number of carbonyl (C=O) groups is 2. The third-order valence-corrected chi connectivity index (χ3v) is 7.83. The van der Waals surface area contributed by atoms with Crippen molar-refractivity contribution < 1.29 is 14.3 Å². The summed E-state index contributed by atoms with van der Waals surface area (Å²) in [6.07, 6.45) is 1.78. The molecule has 4 rings (SSSR count). The molecule has 0 unspecified atom stereocenters. The summed E-state index contributed by atoms with van der Waals surface area (Å²) >= 11 is 2.86. The lowest BCUT2D eigenvalue weighted by molar-refractivity contribution is 0.0529. The van der Waals surface area contributed by atoms with E-state index in [1.54, 1.807) is 6.92 Å². The standard InChI is InChI=1S/C27H27NO3S2/c1-5-9-20-19-10-7-8-11-22(19)33-24(20)25(29)28-26-23(27(30)31-6-2)21(15-32-26)18-13-12-16(3)17(4)14-18/h7-8,10-15H,5-6,9H2,1-4H3,(H,28,29). The number of fused-ring (bicyclic) bond motifs is 1. The lowest BCUT2D eigenvalue weighted by Crippen LogP contribution is -2.15. The molecule has 0 bridgehead atoms. The van der Waals surface area contributed by atoms with E-state index >= 15 is 0 Å². The number of aryl methyl sites for hydroxylation is 3. The topological polar surface area (TPSA) is 55.4 Å². The van der Waals surface area contributed by atoms with Gasteiger partial charge in [0.15, 0.2) is 0 Å². The van der Waals surface area contributed by atoms with Crippen LogP contribution in [0.5, 0.6) is 0 Å². The van der Waals surface area contributed by atoms with Gasteiger partial charge in [-0.05, 0) is 60.9 Å². The van der Waals surface area contributed by atoms with Crippen molar-refractivity contribution >= 4 is 49.6 Å². The molecule has 0 aliphatic heterocycles. The first-order valence-corrected chi connectivity index (χ1v) is 12.8. The first-order valence-electron chi connectivity index (χ1n) is 11.1. The number of hydrogen-bond acceptors (Lipinski definition) is 5. The summed E-state index contributed by atoms with van der Waals surface area (Å²) in [5, 5.41) is 6.60. The van der Waals surface area contributed by atoms with Crippen molar-refractivity contribution in [2.45, 2.75) is 40.5 Å². The molecule has 0 aliphatic carbocycles. The zero-order valence-corrected chi connectivity index (χ0v) is 20.9. The Morgan fingerprint density at radius 1 is 1.03 bits per heavy atom. The van der Waals surface area contributed by atoms with Crippen LogP contribution in [0.2, 0.25) is 0 Å². The van der Waals surface area contributed by atoms with Gasteiger partial charge in [0.05, 0.1) is 11.5 Å². The van der Waals surface area contributed by atoms with Crippen LogP contribution in [0.1, 0.15) is 57.0 Å². The third-order valence-electron chi connectivity index (χ3n) is 5.72. The van der Waals surface area contributed by atoms with Crippen molar-refractivity contribution in [1.82, 2.24) is 0 Å². The lowest BCUT2D eigenvalue weighted by Gasteiger charge is -2.10. The van der Waals surface area contributed by atoms with Crippen molar-refractivity contribution in [3.05, 3.63) is 75.0 Å². The van der Waals surface area contributed by atoms with Gasteiger partial charge in [-0.3, -0.25) is 4.79 Å². The average Bonchev–Trinajstić information content (AvgIpc) is 3.38. The number of carbonyl (C=O) groups excluding carboxylic acids is 2. The summed E-state index contributed by atoms with van der Waals surface area (Å²) < 4.78 is 6.46. The highest BCUT2D eigenvalue weighted by Crippen LogP contribution is 2.38.